The summed E-state index contributed by atoms with van der Waals surface area (Å²) in [5, 5.41) is 10.4. The number of benzene rings is 1. The predicted molar refractivity (Wildman–Crippen MR) is 90.1 cm³/mol. The molecule has 1 fully saturated rings. The molecule has 0 saturated carbocycles. The first-order valence-corrected chi connectivity index (χ1v) is 8.15. The molecule has 5 nitrogen and oxygen atoms in total. The maximum Gasteiger partial charge on any atom is 0.123 e. The Labute approximate surface area is 136 Å². The number of piperazine rings is 1. The van der Waals surface area contributed by atoms with Crippen molar-refractivity contribution in [3.8, 4) is 0 Å². The number of aryl methyl sites for hydroxylation is 1. The second kappa shape index (κ2) is 7.57. The summed E-state index contributed by atoms with van der Waals surface area (Å²) in [4.78, 5) is 4.79. The van der Waals surface area contributed by atoms with Gasteiger partial charge in [-0.1, -0.05) is 0 Å². The van der Waals surface area contributed by atoms with E-state index in [0.29, 0.717) is 0 Å². The number of nitrogens with zero attached hydrogens (tertiary/aromatic N) is 3. The van der Waals surface area contributed by atoms with Gasteiger partial charge in [-0.3, -0.25) is 10.00 Å². The van der Waals surface area contributed by atoms with E-state index in [1.54, 1.807) is 0 Å². The van der Waals surface area contributed by atoms with Crippen molar-refractivity contribution in [1.29, 1.82) is 0 Å². The minimum Gasteiger partial charge on any atom is -0.369 e. The minimum absolute atomic E-state index is 0.175. The molecule has 0 aliphatic carbocycles. The summed E-state index contributed by atoms with van der Waals surface area (Å²) in [5.74, 6) is -0.175. The Morgan fingerprint density at radius 2 is 1.91 bits per heavy atom. The molecular formula is C17H24FN5. The number of H-pyrrole nitrogens is 1. The van der Waals surface area contributed by atoms with Gasteiger partial charge in [0, 0.05) is 62.8 Å². The predicted octanol–water partition coefficient (Wildman–Crippen LogP) is 1.77. The van der Waals surface area contributed by atoms with Crippen molar-refractivity contribution in [2.75, 3.05) is 44.2 Å². The number of anilines is 1. The van der Waals surface area contributed by atoms with Gasteiger partial charge in [-0.25, -0.2) is 4.39 Å². The maximum absolute atomic E-state index is 13.0. The van der Waals surface area contributed by atoms with Crippen LogP contribution in [0.25, 0.3) is 0 Å². The molecule has 124 valence electrons. The summed E-state index contributed by atoms with van der Waals surface area (Å²) >= 11 is 0. The number of hydrogen-bond donors (Lipinski definition) is 2. The zero-order chi connectivity index (χ0) is 16.1. The number of halogens is 1. The second-order valence-electron chi connectivity index (χ2n) is 6.00. The van der Waals surface area contributed by atoms with Gasteiger partial charge in [0.1, 0.15) is 5.82 Å². The van der Waals surface area contributed by atoms with E-state index in [-0.39, 0.29) is 5.82 Å². The maximum atomic E-state index is 13.0. The minimum atomic E-state index is -0.175. The Bertz CT molecular complexity index is 602. The largest absolute Gasteiger partial charge is 0.369 e. The molecule has 1 aliphatic heterocycles. The number of rotatable bonds is 6. The molecule has 1 aromatic carbocycles. The van der Waals surface area contributed by atoms with Crippen LogP contribution in [0.4, 0.5) is 10.1 Å². The van der Waals surface area contributed by atoms with E-state index in [1.165, 1.54) is 17.7 Å². The molecule has 23 heavy (non-hydrogen) atoms. The first-order valence-electron chi connectivity index (χ1n) is 8.15. The van der Waals surface area contributed by atoms with Crippen LogP contribution < -0.4 is 10.2 Å². The summed E-state index contributed by atoms with van der Waals surface area (Å²) in [5.41, 5.74) is 3.47. The van der Waals surface area contributed by atoms with Gasteiger partial charge in [0.05, 0.1) is 6.20 Å². The van der Waals surface area contributed by atoms with Gasteiger partial charge in [0.25, 0.3) is 0 Å². The van der Waals surface area contributed by atoms with Crippen molar-refractivity contribution >= 4 is 5.69 Å². The van der Waals surface area contributed by atoms with E-state index in [4.69, 9.17) is 0 Å². The molecule has 1 aliphatic rings. The molecule has 0 atom stereocenters. The molecule has 2 aromatic rings. The van der Waals surface area contributed by atoms with E-state index in [2.05, 4.69) is 25.3 Å². The van der Waals surface area contributed by atoms with Crippen LogP contribution in [0.3, 0.4) is 0 Å². The molecule has 0 unspecified atom stereocenters. The van der Waals surface area contributed by atoms with Crippen LogP contribution in [0, 0.1) is 12.7 Å². The van der Waals surface area contributed by atoms with Gasteiger partial charge in [-0.15, -0.1) is 0 Å². The van der Waals surface area contributed by atoms with E-state index in [0.717, 1.165) is 57.2 Å². The van der Waals surface area contributed by atoms with Gasteiger partial charge >= 0.3 is 0 Å². The van der Waals surface area contributed by atoms with Crippen molar-refractivity contribution in [2.45, 2.75) is 13.5 Å². The molecule has 2 heterocycles. The number of nitrogens with one attached hydrogen (secondary N) is 2. The van der Waals surface area contributed by atoms with Gasteiger partial charge in [0.15, 0.2) is 0 Å². The van der Waals surface area contributed by atoms with Crippen molar-refractivity contribution in [1.82, 2.24) is 20.4 Å². The highest BCUT2D eigenvalue weighted by molar-refractivity contribution is 5.46. The molecule has 2 N–H and O–H groups in total. The zero-order valence-corrected chi connectivity index (χ0v) is 13.6. The average Bonchev–Trinajstić information content (AvgIpc) is 2.98. The van der Waals surface area contributed by atoms with Crippen LogP contribution >= 0.6 is 0 Å². The fourth-order valence-corrected chi connectivity index (χ4v) is 2.90. The lowest BCUT2D eigenvalue weighted by Crippen LogP contribution is -2.48. The summed E-state index contributed by atoms with van der Waals surface area (Å²) in [6.45, 7) is 9.00. The molecule has 3 rings (SSSR count). The zero-order valence-electron chi connectivity index (χ0n) is 13.6. The van der Waals surface area contributed by atoms with Crippen molar-refractivity contribution < 1.29 is 4.39 Å². The first-order chi connectivity index (χ1) is 11.2. The van der Waals surface area contributed by atoms with Crippen LogP contribution in [0.15, 0.2) is 30.5 Å². The Morgan fingerprint density at radius 3 is 2.57 bits per heavy atom. The Hall–Kier alpha value is -1.92. The van der Waals surface area contributed by atoms with E-state index in [9.17, 15) is 4.39 Å². The van der Waals surface area contributed by atoms with E-state index in [1.807, 2.05) is 25.3 Å². The SMILES string of the molecule is Cc1[nH]ncc1CNCCN1CCN(c2ccc(F)cc2)CC1. The normalized spacial score (nSPS) is 16.0. The molecular weight excluding hydrogens is 293 g/mol. The molecule has 6 heteroatoms. The van der Waals surface area contributed by atoms with Gasteiger partial charge in [0.2, 0.25) is 0 Å². The van der Waals surface area contributed by atoms with Crippen molar-refractivity contribution in [2.24, 2.45) is 0 Å². The van der Waals surface area contributed by atoms with Crippen LogP contribution in [0.5, 0.6) is 0 Å². The lowest BCUT2D eigenvalue weighted by atomic mass is 10.2. The number of aromatic nitrogens is 2. The average molecular weight is 317 g/mol. The van der Waals surface area contributed by atoms with Crippen LogP contribution in [0.1, 0.15) is 11.3 Å². The lowest BCUT2D eigenvalue weighted by Gasteiger charge is -2.36. The molecule has 0 amide bonds. The fourth-order valence-electron chi connectivity index (χ4n) is 2.90. The van der Waals surface area contributed by atoms with Crippen LogP contribution in [-0.2, 0) is 6.54 Å². The Morgan fingerprint density at radius 1 is 1.17 bits per heavy atom. The van der Waals surface area contributed by atoms with Gasteiger partial charge in [-0.05, 0) is 31.2 Å². The molecule has 0 radical (unpaired) electrons. The fraction of sp³-hybridized carbons (Fsp3) is 0.471. The third-order valence-electron chi connectivity index (χ3n) is 4.42. The molecule has 0 spiro atoms. The summed E-state index contributed by atoms with van der Waals surface area (Å²) in [6.07, 6.45) is 1.88. The standard InChI is InChI=1S/C17H24FN5/c1-14-15(13-20-21-14)12-19-6-7-22-8-10-23(11-9-22)17-4-2-16(18)3-5-17/h2-5,13,19H,6-12H2,1H3,(H,20,21). The van der Waals surface area contributed by atoms with E-state index < -0.39 is 0 Å². The monoisotopic (exact) mass is 317 g/mol. The quantitative estimate of drug-likeness (QED) is 0.797. The molecule has 0 bridgehead atoms. The number of hydrogen-bond acceptors (Lipinski definition) is 4. The van der Waals surface area contributed by atoms with Crippen molar-refractivity contribution in [3.63, 3.8) is 0 Å². The highest BCUT2D eigenvalue weighted by atomic mass is 19.1. The topological polar surface area (TPSA) is 47.2 Å². The summed E-state index contributed by atoms with van der Waals surface area (Å²) in [6, 6.07) is 6.78. The van der Waals surface area contributed by atoms with Crippen LogP contribution in [-0.4, -0.2) is 54.4 Å². The van der Waals surface area contributed by atoms with Crippen LogP contribution in [0.2, 0.25) is 0 Å². The van der Waals surface area contributed by atoms with Gasteiger partial charge in [-0.2, -0.15) is 5.10 Å². The highest BCUT2D eigenvalue weighted by Gasteiger charge is 2.16. The Balaban J connectivity index is 1.36. The highest BCUT2D eigenvalue weighted by Crippen LogP contribution is 2.16. The third-order valence-corrected chi connectivity index (χ3v) is 4.42. The summed E-state index contributed by atoms with van der Waals surface area (Å²) in [7, 11) is 0. The lowest BCUT2D eigenvalue weighted by molar-refractivity contribution is 0.257. The molecule has 1 aromatic heterocycles. The van der Waals surface area contributed by atoms with Gasteiger partial charge < -0.3 is 10.2 Å². The summed E-state index contributed by atoms with van der Waals surface area (Å²) < 4.78 is 13.0. The van der Waals surface area contributed by atoms with Crippen molar-refractivity contribution in [3.05, 3.63) is 47.5 Å². The Kier molecular flexibility index (Phi) is 5.25. The third kappa shape index (κ3) is 4.30. The number of aromatic amines is 1. The van der Waals surface area contributed by atoms with E-state index >= 15 is 0 Å². The molecule has 1 saturated heterocycles. The first kappa shape index (κ1) is 16.0. The smallest absolute Gasteiger partial charge is 0.123 e. The second-order valence-corrected chi connectivity index (χ2v) is 6.00.